The maximum Gasteiger partial charge on any atom is 0.343 e. The first-order valence-electron chi connectivity index (χ1n) is 9.88. The summed E-state index contributed by atoms with van der Waals surface area (Å²) in [7, 11) is 0. The van der Waals surface area contributed by atoms with Crippen LogP contribution in [0.25, 0.3) is 0 Å². The summed E-state index contributed by atoms with van der Waals surface area (Å²) in [6.07, 6.45) is 6.27. The van der Waals surface area contributed by atoms with E-state index in [4.69, 9.17) is 14.2 Å². The van der Waals surface area contributed by atoms with E-state index >= 15 is 0 Å². The molecule has 0 saturated heterocycles. The Bertz CT molecular complexity index is 735. The van der Waals surface area contributed by atoms with E-state index in [9.17, 15) is 9.59 Å². The van der Waals surface area contributed by atoms with Gasteiger partial charge in [0.1, 0.15) is 17.2 Å². The molecule has 150 valence electrons. The molecule has 0 unspecified atom stereocenters. The minimum Gasteiger partial charge on any atom is -0.494 e. The van der Waals surface area contributed by atoms with Crippen LogP contribution in [-0.2, 0) is 4.79 Å². The van der Waals surface area contributed by atoms with Crippen molar-refractivity contribution in [2.75, 3.05) is 6.61 Å². The van der Waals surface area contributed by atoms with E-state index in [0.717, 1.165) is 12.2 Å². The number of unbranched alkanes of at least 4 members (excludes halogenated alkanes) is 4. The topological polar surface area (TPSA) is 61.8 Å². The van der Waals surface area contributed by atoms with Gasteiger partial charge in [0.2, 0.25) is 0 Å². The van der Waals surface area contributed by atoms with Gasteiger partial charge >= 0.3 is 11.9 Å². The van der Waals surface area contributed by atoms with Crippen molar-refractivity contribution in [3.05, 3.63) is 54.1 Å². The maximum atomic E-state index is 12.2. The molecule has 5 heteroatoms. The number of carbonyl (C=O) groups excluding carboxylic acids is 2. The molecular formula is C23H28O5. The second-order valence-electron chi connectivity index (χ2n) is 6.48. The molecule has 0 atom stereocenters. The normalized spacial score (nSPS) is 10.4. The molecule has 0 N–H and O–H groups in total. The zero-order valence-corrected chi connectivity index (χ0v) is 16.6. The van der Waals surface area contributed by atoms with E-state index < -0.39 is 5.97 Å². The van der Waals surface area contributed by atoms with Gasteiger partial charge in [0, 0.05) is 6.42 Å². The highest BCUT2D eigenvalue weighted by molar-refractivity contribution is 5.91. The largest absolute Gasteiger partial charge is 0.494 e. The van der Waals surface area contributed by atoms with Gasteiger partial charge in [-0.15, -0.1) is 0 Å². The predicted molar refractivity (Wildman–Crippen MR) is 108 cm³/mol. The van der Waals surface area contributed by atoms with Crippen molar-refractivity contribution in [3.8, 4) is 17.2 Å². The van der Waals surface area contributed by atoms with Crippen LogP contribution in [0.2, 0.25) is 0 Å². The standard InChI is InChI=1S/C23H28O5/c1-3-5-6-7-8-17-26-19-13-15-21(16-14-19)28-23(25)18-9-11-20(12-10-18)27-22(24)4-2/h9-16H,3-8,17H2,1-2H3. The average Bonchev–Trinajstić information content (AvgIpc) is 2.72. The third-order valence-electron chi connectivity index (χ3n) is 4.16. The Labute approximate surface area is 166 Å². The van der Waals surface area contributed by atoms with Gasteiger partial charge in [-0.25, -0.2) is 4.79 Å². The van der Waals surface area contributed by atoms with Crippen LogP contribution in [0.1, 0.15) is 62.7 Å². The number of rotatable bonds is 11. The first kappa shape index (κ1) is 21.5. The number of ether oxygens (including phenoxy) is 3. The number of hydrogen-bond donors (Lipinski definition) is 0. The van der Waals surface area contributed by atoms with Crippen LogP contribution < -0.4 is 14.2 Å². The molecule has 0 aliphatic heterocycles. The summed E-state index contributed by atoms with van der Waals surface area (Å²) >= 11 is 0. The lowest BCUT2D eigenvalue weighted by Gasteiger charge is -2.08. The fraction of sp³-hybridized carbons (Fsp3) is 0.391. The fourth-order valence-corrected chi connectivity index (χ4v) is 2.53. The summed E-state index contributed by atoms with van der Waals surface area (Å²) in [5, 5.41) is 0. The Morgan fingerprint density at radius 2 is 1.29 bits per heavy atom. The van der Waals surface area contributed by atoms with Gasteiger partial charge < -0.3 is 14.2 Å². The van der Waals surface area contributed by atoms with Crippen LogP contribution in [0.3, 0.4) is 0 Å². The molecule has 2 aromatic carbocycles. The Kier molecular flexibility index (Phi) is 9.05. The lowest BCUT2D eigenvalue weighted by Crippen LogP contribution is -2.09. The highest BCUT2D eigenvalue weighted by Crippen LogP contribution is 2.20. The summed E-state index contributed by atoms with van der Waals surface area (Å²) in [4.78, 5) is 23.5. The van der Waals surface area contributed by atoms with Gasteiger partial charge in [-0.05, 0) is 55.0 Å². The van der Waals surface area contributed by atoms with Crippen molar-refractivity contribution in [3.63, 3.8) is 0 Å². The van der Waals surface area contributed by atoms with Crippen molar-refractivity contribution in [1.82, 2.24) is 0 Å². The monoisotopic (exact) mass is 384 g/mol. The van der Waals surface area contributed by atoms with Crippen LogP contribution in [0.5, 0.6) is 17.2 Å². The molecule has 0 spiro atoms. The summed E-state index contributed by atoms with van der Waals surface area (Å²) in [5.41, 5.74) is 0.378. The zero-order valence-electron chi connectivity index (χ0n) is 16.6. The molecule has 2 rings (SSSR count). The molecule has 0 saturated carbocycles. The summed E-state index contributed by atoms with van der Waals surface area (Å²) < 4.78 is 16.2. The van der Waals surface area contributed by atoms with Crippen LogP contribution in [-0.4, -0.2) is 18.5 Å². The number of esters is 2. The quantitative estimate of drug-likeness (QED) is 0.288. The van der Waals surface area contributed by atoms with E-state index in [2.05, 4.69) is 6.92 Å². The number of benzene rings is 2. The Morgan fingerprint density at radius 3 is 1.93 bits per heavy atom. The van der Waals surface area contributed by atoms with Crippen LogP contribution >= 0.6 is 0 Å². The lowest BCUT2D eigenvalue weighted by molar-refractivity contribution is -0.134. The minimum absolute atomic E-state index is 0.294. The predicted octanol–water partition coefficient (Wildman–Crippen LogP) is 5.57. The van der Waals surface area contributed by atoms with E-state index in [-0.39, 0.29) is 5.97 Å². The minimum atomic E-state index is -0.474. The molecule has 0 aromatic heterocycles. The molecule has 2 aromatic rings. The zero-order chi connectivity index (χ0) is 20.2. The van der Waals surface area contributed by atoms with Gasteiger partial charge in [-0.1, -0.05) is 39.5 Å². The number of carbonyl (C=O) groups is 2. The van der Waals surface area contributed by atoms with Crippen molar-refractivity contribution in [1.29, 1.82) is 0 Å². The van der Waals surface area contributed by atoms with Gasteiger partial charge in [0.25, 0.3) is 0 Å². The van der Waals surface area contributed by atoms with Crippen molar-refractivity contribution < 1.29 is 23.8 Å². The molecule has 0 aliphatic carbocycles. The molecular weight excluding hydrogens is 356 g/mol. The molecule has 0 fully saturated rings. The second kappa shape index (κ2) is 11.8. The summed E-state index contributed by atoms with van der Waals surface area (Å²) in [6.45, 7) is 4.61. The van der Waals surface area contributed by atoms with Gasteiger partial charge in [0.05, 0.1) is 12.2 Å². The van der Waals surface area contributed by atoms with Gasteiger partial charge in [-0.2, -0.15) is 0 Å². The van der Waals surface area contributed by atoms with E-state index in [1.54, 1.807) is 55.5 Å². The van der Waals surface area contributed by atoms with Gasteiger partial charge in [-0.3, -0.25) is 4.79 Å². The van der Waals surface area contributed by atoms with Crippen LogP contribution in [0.15, 0.2) is 48.5 Å². The Balaban J connectivity index is 1.79. The number of hydrogen-bond acceptors (Lipinski definition) is 5. The highest BCUT2D eigenvalue weighted by atomic mass is 16.5. The second-order valence-corrected chi connectivity index (χ2v) is 6.48. The van der Waals surface area contributed by atoms with Gasteiger partial charge in [0.15, 0.2) is 0 Å². The van der Waals surface area contributed by atoms with Crippen molar-refractivity contribution in [2.45, 2.75) is 52.4 Å². The Morgan fingerprint density at radius 1 is 0.714 bits per heavy atom. The smallest absolute Gasteiger partial charge is 0.343 e. The molecule has 5 nitrogen and oxygen atoms in total. The molecule has 0 aliphatic rings. The molecule has 0 amide bonds. The van der Waals surface area contributed by atoms with Crippen molar-refractivity contribution in [2.24, 2.45) is 0 Å². The van der Waals surface area contributed by atoms with E-state index in [0.29, 0.717) is 30.1 Å². The van der Waals surface area contributed by atoms with E-state index in [1.807, 2.05) is 0 Å². The molecule has 0 radical (unpaired) electrons. The SMILES string of the molecule is CCCCCCCOc1ccc(OC(=O)c2ccc(OC(=O)CC)cc2)cc1. The fourth-order valence-electron chi connectivity index (χ4n) is 2.53. The third-order valence-corrected chi connectivity index (χ3v) is 4.16. The lowest BCUT2D eigenvalue weighted by atomic mass is 10.2. The summed E-state index contributed by atoms with van der Waals surface area (Å²) in [6, 6.07) is 13.3. The molecule has 0 heterocycles. The average molecular weight is 384 g/mol. The first-order chi connectivity index (χ1) is 13.6. The third kappa shape index (κ3) is 7.43. The first-order valence-corrected chi connectivity index (χ1v) is 9.88. The van der Waals surface area contributed by atoms with Crippen LogP contribution in [0, 0.1) is 0 Å². The molecule has 0 bridgehead atoms. The maximum absolute atomic E-state index is 12.2. The molecule has 28 heavy (non-hydrogen) atoms. The van der Waals surface area contributed by atoms with Crippen molar-refractivity contribution >= 4 is 11.9 Å². The van der Waals surface area contributed by atoms with Crippen LogP contribution in [0.4, 0.5) is 0 Å². The highest BCUT2D eigenvalue weighted by Gasteiger charge is 2.10. The Hall–Kier alpha value is -2.82. The summed E-state index contributed by atoms with van der Waals surface area (Å²) in [5.74, 6) is 0.815. The van der Waals surface area contributed by atoms with E-state index in [1.165, 1.54) is 25.7 Å².